The summed E-state index contributed by atoms with van der Waals surface area (Å²) >= 11 is 0. The maximum atomic E-state index is 12.7. The van der Waals surface area contributed by atoms with Gasteiger partial charge in [0.1, 0.15) is 0 Å². The number of carbonyl (C=O) groups is 1. The van der Waals surface area contributed by atoms with E-state index in [1.165, 1.54) is 12.1 Å². The fourth-order valence-corrected chi connectivity index (χ4v) is 2.51. The van der Waals surface area contributed by atoms with Gasteiger partial charge in [-0.3, -0.25) is 4.79 Å². The number of hydrogen-bond acceptors (Lipinski definition) is 2. The highest BCUT2D eigenvalue weighted by Gasteiger charge is 2.32. The maximum Gasteiger partial charge on any atom is 0.416 e. The van der Waals surface area contributed by atoms with Gasteiger partial charge in [-0.15, -0.1) is 0 Å². The van der Waals surface area contributed by atoms with Crippen molar-refractivity contribution in [1.29, 1.82) is 0 Å². The Labute approximate surface area is 119 Å². The third kappa shape index (κ3) is 2.63. The number of Topliss-reactive ketones (excluding diaryl/α,β-unsaturated/α-hetero) is 1. The van der Waals surface area contributed by atoms with Crippen LogP contribution in [0.2, 0.25) is 0 Å². The molecule has 0 fully saturated rings. The molecular weight excluding hydrogens is 279 g/mol. The second-order valence-corrected chi connectivity index (χ2v) is 5.00. The van der Waals surface area contributed by atoms with Gasteiger partial charge < -0.3 is 5.32 Å². The van der Waals surface area contributed by atoms with Gasteiger partial charge in [-0.1, -0.05) is 30.3 Å². The summed E-state index contributed by atoms with van der Waals surface area (Å²) < 4.78 is 38.1. The summed E-state index contributed by atoms with van der Waals surface area (Å²) in [4.78, 5) is 12.4. The molecule has 108 valence electrons. The molecule has 1 atom stereocenters. The van der Waals surface area contributed by atoms with Crippen molar-refractivity contribution in [3.8, 4) is 0 Å². The predicted octanol–water partition coefficient (Wildman–Crippen LogP) is 3.92. The molecule has 2 aromatic carbocycles. The highest BCUT2D eigenvalue weighted by Crippen LogP contribution is 2.31. The van der Waals surface area contributed by atoms with E-state index >= 15 is 0 Å². The van der Waals surface area contributed by atoms with Crippen molar-refractivity contribution in [3.05, 3.63) is 65.2 Å². The first-order valence-electron chi connectivity index (χ1n) is 6.51. The molecule has 0 saturated carbocycles. The summed E-state index contributed by atoms with van der Waals surface area (Å²) in [6, 6.07) is 11.5. The van der Waals surface area contributed by atoms with Gasteiger partial charge >= 0.3 is 6.18 Å². The number of anilines is 1. The molecule has 5 heteroatoms. The molecule has 21 heavy (non-hydrogen) atoms. The van der Waals surface area contributed by atoms with Gasteiger partial charge in [0.05, 0.1) is 11.6 Å². The van der Waals surface area contributed by atoms with E-state index in [4.69, 9.17) is 0 Å². The van der Waals surface area contributed by atoms with Crippen molar-refractivity contribution in [2.75, 3.05) is 5.32 Å². The van der Waals surface area contributed by atoms with Crippen LogP contribution in [0.15, 0.2) is 48.5 Å². The lowest BCUT2D eigenvalue weighted by Gasteiger charge is -2.12. The SMILES string of the molecule is O=C(c1cccc(C(F)(F)F)c1)C1Cc2ccccc2N1. The molecule has 1 unspecified atom stereocenters. The van der Waals surface area contributed by atoms with Crippen LogP contribution >= 0.6 is 0 Å². The zero-order chi connectivity index (χ0) is 15.0. The molecule has 1 aliphatic rings. The van der Waals surface area contributed by atoms with Crippen LogP contribution in [-0.4, -0.2) is 11.8 Å². The minimum atomic E-state index is -4.44. The molecule has 0 amide bonds. The Morgan fingerprint density at radius 2 is 1.86 bits per heavy atom. The van der Waals surface area contributed by atoms with Crippen molar-refractivity contribution >= 4 is 11.5 Å². The highest BCUT2D eigenvalue weighted by atomic mass is 19.4. The van der Waals surface area contributed by atoms with Gasteiger partial charge in [0.2, 0.25) is 0 Å². The summed E-state index contributed by atoms with van der Waals surface area (Å²) in [6.07, 6.45) is -3.95. The van der Waals surface area contributed by atoms with Crippen molar-refractivity contribution in [1.82, 2.24) is 0 Å². The van der Waals surface area contributed by atoms with Gasteiger partial charge in [0.15, 0.2) is 5.78 Å². The van der Waals surface area contributed by atoms with E-state index in [0.29, 0.717) is 6.42 Å². The topological polar surface area (TPSA) is 29.1 Å². The second kappa shape index (κ2) is 4.91. The Hall–Kier alpha value is -2.30. The summed E-state index contributed by atoms with van der Waals surface area (Å²) in [5, 5.41) is 3.06. The molecule has 0 bridgehead atoms. The largest absolute Gasteiger partial charge is 0.416 e. The molecule has 2 nitrogen and oxygen atoms in total. The van der Waals surface area contributed by atoms with Crippen LogP contribution in [0.1, 0.15) is 21.5 Å². The van der Waals surface area contributed by atoms with Crippen LogP contribution in [0, 0.1) is 0 Å². The Bertz CT molecular complexity index is 669. The fraction of sp³-hybridized carbons (Fsp3) is 0.188. The quantitative estimate of drug-likeness (QED) is 0.850. The molecule has 0 spiro atoms. The lowest BCUT2D eigenvalue weighted by molar-refractivity contribution is -0.137. The Morgan fingerprint density at radius 3 is 2.57 bits per heavy atom. The van der Waals surface area contributed by atoms with Crippen molar-refractivity contribution in [2.45, 2.75) is 18.6 Å². The summed E-state index contributed by atoms with van der Waals surface area (Å²) in [5.41, 5.74) is 1.14. The van der Waals surface area contributed by atoms with Crippen molar-refractivity contribution in [2.24, 2.45) is 0 Å². The van der Waals surface area contributed by atoms with Gasteiger partial charge in [-0.05, 0) is 23.8 Å². The number of ketones is 1. The van der Waals surface area contributed by atoms with E-state index in [-0.39, 0.29) is 11.3 Å². The van der Waals surface area contributed by atoms with Crippen LogP contribution < -0.4 is 5.32 Å². The maximum absolute atomic E-state index is 12.7. The first-order chi connectivity index (χ1) is 9.95. The average molecular weight is 291 g/mol. The van der Waals surface area contributed by atoms with E-state index < -0.39 is 17.8 Å². The lowest BCUT2D eigenvalue weighted by Crippen LogP contribution is -2.27. The monoisotopic (exact) mass is 291 g/mol. The predicted molar refractivity (Wildman–Crippen MR) is 73.3 cm³/mol. The number of rotatable bonds is 2. The summed E-state index contributed by atoms with van der Waals surface area (Å²) in [5.74, 6) is -0.322. The van der Waals surface area contributed by atoms with Crippen molar-refractivity contribution in [3.63, 3.8) is 0 Å². The Morgan fingerprint density at radius 1 is 1.10 bits per heavy atom. The Kier molecular flexibility index (Phi) is 3.20. The zero-order valence-corrected chi connectivity index (χ0v) is 10.9. The minimum absolute atomic E-state index is 0.0788. The van der Waals surface area contributed by atoms with Gasteiger partial charge in [0.25, 0.3) is 0 Å². The fourth-order valence-electron chi connectivity index (χ4n) is 2.51. The lowest BCUT2D eigenvalue weighted by atomic mass is 9.99. The molecule has 2 aromatic rings. The van der Waals surface area contributed by atoms with E-state index in [2.05, 4.69) is 5.32 Å². The van der Waals surface area contributed by atoms with E-state index in [1.807, 2.05) is 24.3 Å². The smallest absolute Gasteiger partial charge is 0.374 e. The van der Waals surface area contributed by atoms with Crippen LogP contribution in [-0.2, 0) is 12.6 Å². The van der Waals surface area contributed by atoms with E-state index in [0.717, 1.165) is 23.4 Å². The molecule has 3 rings (SSSR count). The minimum Gasteiger partial charge on any atom is -0.374 e. The third-order valence-electron chi connectivity index (χ3n) is 3.56. The van der Waals surface area contributed by atoms with Crippen LogP contribution in [0.4, 0.5) is 18.9 Å². The molecule has 0 radical (unpaired) electrons. The van der Waals surface area contributed by atoms with E-state index in [1.54, 1.807) is 0 Å². The number of halogens is 3. The molecule has 1 N–H and O–H groups in total. The van der Waals surface area contributed by atoms with Crippen LogP contribution in [0.3, 0.4) is 0 Å². The molecule has 1 heterocycles. The summed E-state index contributed by atoms with van der Waals surface area (Å²) in [7, 11) is 0. The summed E-state index contributed by atoms with van der Waals surface area (Å²) in [6.45, 7) is 0. The number of para-hydroxylation sites is 1. The second-order valence-electron chi connectivity index (χ2n) is 5.00. The van der Waals surface area contributed by atoms with E-state index in [9.17, 15) is 18.0 Å². The van der Waals surface area contributed by atoms with Gasteiger partial charge in [-0.2, -0.15) is 13.2 Å². The molecule has 0 aliphatic carbocycles. The van der Waals surface area contributed by atoms with Gasteiger partial charge in [0, 0.05) is 17.7 Å². The average Bonchev–Trinajstić information content (AvgIpc) is 2.89. The number of hydrogen-bond donors (Lipinski definition) is 1. The molecular formula is C16H12F3NO. The number of fused-ring (bicyclic) bond motifs is 1. The normalized spacial score (nSPS) is 17.2. The standard InChI is InChI=1S/C16H12F3NO/c17-16(18,19)12-6-3-5-11(8-12)15(21)14-9-10-4-1-2-7-13(10)20-14/h1-8,14,20H,9H2. The number of benzene rings is 2. The number of alkyl halides is 3. The van der Waals surface area contributed by atoms with Crippen molar-refractivity contribution < 1.29 is 18.0 Å². The number of carbonyl (C=O) groups excluding carboxylic acids is 1. The number of nitrogens with one attached hydrogen (secondary N) is 1. The zero-order valence-electron chi connectivity index (χ0n) is 10.9. The van der Waals surface area contributed by atoms with Gasteiger partial charge in [-0.25, -0.2) is 0 Å². The first kappa shape index (κ1) is 13.7. The van der Waals surface area contributed by atoms with Crippen LogP contribution in [0.25, 0.3) is 0 Å². The molecule has 1 aliphatic heterocycles. The highest BCUT2D eigenvalue weighted by molar-refractivity contribution is 6.03. The van der Waals surface area contributed by atoms with Crippen LogP contribution in [0.5, 0.6) is 0 Å². The third-order valence-corrected chi connectivity index (χ3v) is 3.56. The Balaban J connectivity index is 1.85. The first-order valence-corrected chi connectivity index (χ1v) is 6.51. The molecule has 0 aromatic heterocycles. The molecule has 0 saturated heterocycles.